The van der Waals surface area contributed by atoms with E-state index in [1.165, 1.54) is 28.8 Å². The molecule has 0 radical (unpaired) electrons. The van der Waals surface area contributed by atoms with Crippen LogP contribution in [0, 0.1) is 0 Å². The smallest absolute Gasteiger partial charge is 0.0459 e. The maximum atomic E-state index is 3.73. The molecule has 0 saturated carbocycles. The second kappa shape index (κ2) is 4.41. The maximum absolute atomic E-state index is 3.73. The molecule has 0 aromatic heterocycles. The van der Waals surface area contributed by atoms with Crippen molar-refractivity contribution in [3.05, 3.63) is 54.1 Å². The fourth-order valence-corrected chi connectivity index (χ4v) is 3.24. The highest BCUT2D eigenvalue weighted by Gasteiger charge is 2.30. The van der Waals surface area contributed by atoms with Gasteiger partial charge in [-0.3, -0.25) is 0 Å². The number of fused-ring (bicyclic) bond motifs is 1. The first-order valence-corrected chi connectivity index (χ1v) is 7.03. The lowest BCUT2D eigenvalue weighted by Gasteiger charge is -2.38. The summed E-state index contributed by atoms with van der Waals surface area (Å²) in [5.41, 5.74) is 5.53. The van der Waals surface area contributed by atoms with Gasteiger partial charge in [0, 0.05) is 16.8 Å². The molecule has 0 aliphatic carbocycles. The number of nitrogens with one attached hydrogen (secondary N) is 1. The summed E-state index contributed by atoms with van der Waals surface area (Å²) < 4.78 is 0. The van der Waals surface area contributed by atoms with Gasteiger partial charge in [0.25, 0.3) is 0 Å². The van der Waals surface area contributed by atoms with Crippen LogP contribution in [0.25, 0.3) is 11.1 Å². The summed E-state index contributed by atoms with van der Waals surface area (Å²) >= 11 is 0. The summed E-state index contributed by atoms with van der Waals surface area (Å²) in [6, 6.07) is 17.3. The van der Waals surface area contributed by atoms with Crippen molar-refractivity contribution in [1.29, 1.82) is 0 Å². The summed E-state index contributed by atoms with van der Waals surface area (Å²) in [5.74, 6) is 0.606. The number of hydrogen-bond donors (Lipinski definition) is 1. The van der Waals surface area contributed by atoms with Crippen LogP contribution in [0.15, 0.2) is 48.5 Å². The van der Waals surface area contributed by atoms with E-state index in [0.29, 0.717) is 5.92 Å². The van der Waals surface area contributed by atoms with Gasteiger partial charge in [0.1, 0.15) is 0 Å². The average Bonchev–Trinajstić information content (AvgIpc) is 2.38. The number of hydrogen-bond acceptors (Lipinski definition) is 1. The van der Waals surface area contributed by atoms with Crippen molar-refractivity contribution in [3.8, 4) is 11.1 Å². The molecule has 2 aromatic carbocycles. The molecule has 1 unspecified atom stereocenters. The van der Waals surface area contributed by atoms with Gasteiger partial charge in [-0.25, -0.2) is 0 Å². The Morgan fingerprint density at radius 1 is 1.00 bits per heavy atom. The topological polar surface area (TPSA) is 12.0 Å². The highest BCUT2D eigenvalue weighted by molar-refractivity contribution is 5.81. The van der Waals surface area contributed by atoms with Gasteiger partial charge in [-0.1, -0.05) is 55.5 Å². The molecule has 1 heterocycles. The summed E-state index contributed by atoms with van der Waals surface area (Å²) in [6.45, 7) is 6.90. The summed E-state index contributed by atoms with van der Waals surface area (Å²) in [6.07, 6.45) is 1.18. The Labute approximate surface area is 115 Å². The third kappa shape index (κ3) is 2.25. The molecule has 1 N–H and O–H groups in total. The molecule has 98 valence electrons. The molecular formula is C18H21N. The fourth-order valence-electron chi connectivity index (χ4n) is 3.24. The van der Waals surface area contributed by atoms with E-state index in [1.807, 2.05) is 0 Å². The number of rotatable bonds is 1. The van der Waals surface area contributed by atoms with Crippen molar-refractivity contribution < 1.29 is 0 Å². The molecule has 1 heteroatoms. The van der Waals surface area contributed by atoms with Gasteiger partial charge in [0.05, 0.1) is 0 Å². The number of benzene rings is 2. The Bertz CT molecular complexity index is 584. The van der Waals surface area contributed by atoms with Crippen LogP contribution < -0.4 is 5.32 Å². The van der Waals surface area contributed by atoms with Crippen LogP contribution in [0.4, 0.5) is 5.69 Å². The van der Waals surface area contributed by atoms with Crippen molar-refractivity contribution in [2.75, 3.05) is 5.32 Å². The molecule has 1 atom stereocenters. The van der Waals surface area contributed by atoms with Gasteiger partial charge in [0.15, 0.2) is 0 Å². The van der Waals surface area contributed by atoms with Crippen LogP contribution in [0.5, 0.6) is 0 Å². The molecule has 0 saturated heterocycles. The summed E-state index contributed by atoms with van der Waals surface area (Å²) in [7, 11) is 0. The standard InChI is InChI=1S/C18H21N/c1-13-12-18(2,3)19-17-15(13)10-7-11-16(17)14-8-5-4-6-9-14/h4-11,13,19H,12H2,1-3H3. The van der Waals surface area contributed by atoms with Crippen LogP contribution in [-0.4, -0.2) is 5.54 Å². The highest BCUT2D eigenvalue weighted by Crippen LogP contribution is 2.43. The quantitative estimate of drug-likeness (QED) is 0.747. The summed E-state index contributed by atoms with van der Waals surface area (Å²) in [4.78, 5) is 0. The Balaban J connectivity index is 2.16. The molecule has 3 rings (SSSR count). The predicted molar refractivity (Wildman–Crippen MR) is 82.6 cm³/mol. The van der Waals surface area contributed by atoms with Crippen LogP contribution in [0.3, 0.4) is 0 Å². The molecule has 0 fully saturated rings. The second-order valence-corrected chi connectivity index (χ2v) is 6.25. The number of anilines is 1. The van der Waals surface area contributed by atoms with Crippen molar-refractivity contribution >= 4 is 5.69 Å². The van der Waals surface area contributed by atoms with Gasteiger partial charge in [-0.05, 0) is 37.3 Å². The Hall–Kier alpha value is -1.76. The minimum atomic E-state index is 0.164. The van der Waals surface area contributed by atoms with Crippen molar-refractivity contribution in [3.63, 3.8) is 0 Å². The van der Waals surface area contributed by atoms with Gasteiger partial charge in [-0.2, -0.15) is 0 Å². The van der Waals surface area contributed by atoms with Gasteiger partial charge in [0.2, 0.25) is 0 Å². The van der Waals surface area contributed by atoms with E-state index in [1.54, 1.807) is 0 Å². The van der Waals surface area contributed by atoms with Crippen LogP contribution in [0.2, 0.25) is 0 Å². The van der Waals surface area contributed by atoms with Crippen molar-refractivity contribution in [2.45, 2.75) is 38.6 Å². The zero-order valence-electron chi connectivity index (χ0n) is 11.9. The van der Waals surface area contributed by atoms with Crippen molar-refractivity contribution in [2.24, 2.45) is 0 Å². The Kier molecular flexibility index (Phi) is 2.85. The molecule has 1 aliphatic rings. The molecule has 0 bridgehead atoms. The maximum Gasteiger partial charge on any atom is 0.0459 e. The lowest BCUT2D eigenvalue weighted by atomic mass is 9.80. The molecule has 0 amide bonds. The van der Waals surface area contributed by atoms with Crippen LogP contribution >= 0.6 is 0 Å². The normalized spacial score (nSPS) is 20.5. The first kappa shape index (κ1) is 12.3. The molecule has 2 aromatic rings. The first-order chi connectivity index (χ1) is 9.07. The molecule has 0 spiro atoms. The lowest BCUT2D eigenvalue weighted by molar-refractivity contribution is 0.454. The lowest BCUT2D eigenvalue weighted by Crippen LogP contribution is -2.36. The predicted octanol–water partition coefficient (Wildman–Crippen LogP) is 5.05. The first-order valence-electron chi connectivity index (χ1n) is 7.03. The molecule has 19 heavy (non-hydrogen) atoms. The van der Waals surface area contributed by atoms with Crippen LogP contribution in [-0.2, 0) is 0 Å². The molecule has 1 aliphatic heterocycles. The minimum Gasteiger partial charge on any atom is -0.379 e. The minimum absolute atomic E-state index is 0.164. The summed E-state index contributed by atoms with van der Waals surface area (Å²) in [5, 5.41) is 3.73. The average molecular weight is 251 g/mol. The Morgan fingerprint density at radius 2 is 1.74 bits per heavy atom. The van der Waals surface area contributed by atoms with E-state index < -0.39 is 0 Å². The van der Waals surface area contributed by atoms with Crippen molar-refractivity contribution in [1.82, 2.24) is 0 Å². The van der Waals surface area contributed by atoms with E-state index in [0.717, 1.165) is 0 Å². The monoisotopic (exact) mass is 251 g/mol. The Morgan fingerprint density at radius 3 is 2.47 bits per heavy atom. The zero-order chi connectivity index (χ0) is 13.5. The molecule has 1 nitrogen and oxygen atoms in total. The molecular weight excluding hydrogens is 230 g/mol. The SMILES string of the molecule is CC1CC(C)(C)Nc2c(-c3ccccc3)cccc21. The van der Waals surface area contributed by atoms with E-state index >= 15 is 0 Å². The zero-order valence-corrected chi connectivity index (χ0v) is 11.9. The van der Waals surface area contributed by atoms with E-state index in [4.69, 9.17) is 0 Å². The van der Waals surface area contributed by atoms with Gasteiger partial charge < -0.3 is 5.32 Å². The third-order valence-corrected chi connectivity index (χ3v) is 3.99. The van der Waals surface area contributed by atoms with E-state index in [2.05, 4.69) is 74.6 Å². The van der Waals surface area contributed by atoms with Gasteiger partial charge in [-0.15, -0.1) is 0 Å². The van der Waals surface area contributed by atoms with Crippen LogP contribution in [0.1, 0.15) is 38.7 Å². The van der Waals surface area contributed by atoms with E-state index in [9.17, 15) is 0 Å². The third-order valence-electron chi connectivity index (χ3n) is 3.99. The van der Waals surface area contributed by atoms with E-state index in [-0.39, 0.29) is 5.54 Å². The van der Waals surface area contributed by atoms with Gasteiger partial charge >= 0.3 is 0 Å². The number of para-hydroxylation sites is 1. The largest absolute Gasteiger partial charge is 0.379 e. The highest BCUT2D eigenvalue weighted by atomic mass is 15.0. The second-order valence-electron chi connectivity index (χ2n) is 6.25. The fraction of sp³-hybridized carbons (Fsp3) is 0.333.